The van der Waals surface area contributed by atoms with Gasteiger partial charge in [0.25, 0.3) is 0 Å². The summed E-state index contributed by atoms with van der Waals surface area (Å²) in [7, 11) is 0. The molecule has 1 aliphatic rings. The third-order valence-electron chi connectivity index (χ3n) is 5.15. The summed E-state index contributed by atoms with van der Waals surface area (Å²) < 4.78 is 1.17. The van der Waals surface area contributed by atoms with Gasteiger partial charge in [-0.15, -0.1) is 11.3 Å². The molecule has 0 N–H and O–H groups in total. The Labute approximate surface area is 167 Å². The van der Waals surface area contributed by atoms with Gasteiger partial charge < -0.3 is 4.90 Å². The van der Waals surface area contributed by atoms with Crippen LogP contribution in [0.15, 0.2) is 66.7 Å². The van der Waals surface area contributed by atoms with Crippen molar-refractivity contribution in [3.8, 4) is 0 Å². The minimum Gasteiger partial charge on any atom is -0.330 e. The van der Waals surface area contributed by atoms with E-state index >= 15 is 0 Å². The molecule has 4 nitrogen and oxygen atoms in total. The number of amides is 1. The van der Waals surface area contributed by atoms with E-state index in [0.717, 1.165) is 46.5 Å². The minimum absolute atomic E-state index is 0.0247. The van der Waals surface area contributed by atoms with Crippen molar-refractivity contribution in [1.82, 2.24) is 14.9 Å². The van der Waals surface area contributed by atoms with Gasteiger partial charge >= 0.3 is 0 Å². The van der Waals surface area contributed by atoms with Gasteiger partial charge in [-0.3, -0.25) is 4.79 Å². The molecule has 4 aromatic rings. The Kier molecular flexibility index (Phi) is 4.37. The van der Waals surface area contributed by atoms with Crippen LogP contribution >= 0.6 is 11.3 Å². The summed E-state index contributed by atoms with van der Waals surface area (Å²) in [6, 6.07) is 20.2. The van der Waals surface area contributed by atoms with Crippen molar-refractivity contribution in [2.75, 3.05) is 6.54 Å². The highest BCUT2D eigenvalue weighted by Gasteiger charge is 2.31. The van der Waals surface area contributed by atoms with Crippen molar-refractivity contribution < 1.29 is 4.79 Å². The van der Waals surface area contributed by atoms with Crippen LogP contribution in [-0.2, 0) is 4.79 Å². The Morgan fingerprint density at radius 3 is 2.71 bits per heavy atom. The predicted octanol–water partition coefficient (Wildman–Crippen LogP) is 5.22. The van der Waals surface area contributed by atoms with Gasteiger partial charge in [0, 0.05) is 18.0 Å². The summed E-state index contributed by atoms with van der Waals surface area (Å²) in [4.78, 5) is 24.2. The molecular formula is C23H19N3OS. The van der Waals surface area contributed by atoms with E-state index in [2.05, 4.69) is 11.1 Å². The van der Waals surface area contributed by atoms with Crippen molar-refractivity contribution in [1.29, 1.82) is 0 Å². The highest BCUT2D eigenvalue weighted by atomic mass is 32.1. The van der Waals surface area contributed by atoms with Crippen LogP contribution in [-0.4, -0.2) is 27.3 Å². The fraction of sp³-hybridized carbons (Fsp3) is 0.174. The van der Waals surface area contributed by atoms with Crippen LogP contribution in [0.1, 0.15) is 29.6 Å². The Morgan fingerprint density at radius 1 is 1.00 bits per heavy atom. The molecule has 1 amide bonds. The lowest BCUT2D eigenvalue weighted by molar-refractivity contribution is -0.126. The van der Waals surface area contributed by atoms with Crippen LogP contribution < -0.4 is 0 Å². The zero-order chi connectivity index (χ0) is 18.9. The van der Waals surface area contributed by atoms with Crippen LogP contribution in [0.4, 0.5) is 0 Å². The predicted molar refractivity (Wildman–Crippen MR) is 114 cm³/mol. The molecule has 3 heterocycles. The Hall–Kier alpha value is -3.05. The second kappa shape index (κ2) is 7.17. The van der Waals surface area contributed by atoms with Gasteiger partial charge in [0.2, 0.25) is 5.91 Å². The SMILES string of the molecule is O=C(C=Cc1ccc2ccccc2n1)N1CCCC1c1nc2ccccc2s1. The molecular weight excluding hydrogens is 366 g/mol. The number of carbonyl (C=O) groups excluding carboxylic acids is 1. The van der Waals surface area contributed by atoms with Crippen LogP contribution in [0.3, 0.4) is 0 Å². The number of likely N-dealkylation sites (tertiary alicyclic amines) is 1. The Bertz CT molecular complexity index is 1160. The van der Waals surface area contributed by atoms with Crippen LogP contribution in [0.5, 0.6) is 0 Å². The molecule has 1 aliphatic heterocycles. The molecule has 5 rings (SSSR count). The van der Waals surface area contributed by atoms with Gasteiger partial charge in [0.1, 0.15) is 5.01 Å². The van der Waals surface area contributed by atoms with Crippen molar-refractivity contribution in [2.24, 2.45) is 0 Å². The monoisotopic (exact) mass is 385 g/mol. The van der Waals surface area contributed by atoms with E-state index in [9.17, 15) is 4.79 Å². The number of rotatable bonds is 3. The van der Waals surface area contributed by atoms with E-state index in [0.29, 0.717) is 0 Å². The van der Waals surface area contributed by atoms with Crippen molar-refractivity contribution >= 4 is 44.4 Å². The molecule has 28 heavy (non-hydrogen) atoms. The molecule has 2 aromatic heterocycles. The summed E-state index contributed by atoms with van der Waals surface area (Å²) in [5.74, 6) is 0.0247. The van der Waals surface area contributed by atoms with Gasteiger partial charge in [0.05, 0.1) is 27.5 Å². The van der Waals surface area contributed by atoms with Crippen LogP contribution in [0.25, 0.3) is 27.2 Å². The second-order valence-electron chi connectivity index (χ2n) is 6.97. The third-order valence-corrected chi connectivity index (χ3v) is 6.29. The molecule has 0 bridgehead atoms. The van der Waals surface area contributed by atoms with E-state index in [4.69, 9.17) is 4.98 Å². The van der Waals surface area contributed by atoms with Gasteiger partial charge in [-0.05, 0) is 43.2 Å². The van der Waals surface area contributed by atoms with Crippen LogP contribution in [0.2, 0.25) is 0 Å². The second-order valence-corrected chi connectivity index (χ2v) is 8.03. The number of hydrogen-bond acceptors (Lipinski definition) is 4. The highest BCUT2D eigenvalue weighted by molar-refractivity contribution is 7.18. The van der Waals surface area contributed by atoms with Crippen molar-refractivity contribution in [2.45, 2.75) is 18.9 Å². The minimum atomic E-state index is 0.0247. The Balaban J connectivity index is 1.37. The molecule has 1 fully saturated rings. The molecule has 1 saturated heterocycles. The molecule has 0 radical (unpaired) electrons. The quantitative estimate of drug-likeness (QED) is 0.454. The summed E-state index contributed by atoms with van der Waals surface area (Å²) in [6.45, 7) is 0.773. The largest absolute Gasteiger partial charge is 0.330 e. The molecule has 0 saturated carbocycles. The topological polar surface area (TPSA) is 46.1 Å². The van der Waals surface area contributed by atoms with Gasteiger partial charge in [-0.1, -0.05) is 36.4 Å². The average molecular weight is 385 g/mol. The molecule has 0 aliphatic carbocycles. The third kappa shape index (κ3) is 3.18. The summed E-state index contributed by atoms with van der Waals surface area (Å²) in [6.07, 6.45) is 5.42. The zero-order valence-electron chi connectivity index (χ0n) is 15.3. The highest BCUT2D eigenvalue weighted by Crippen LogP contribution is 2.36. The number of nitrogens with zero attached hydrogens (tertiary/aromatic N) is 3. The van der Waals surface area contributed by atoms with Gasteiger partial charge in [-0.25, -0.2) is 9.97 Å². The first-order chi connectivity index (χ1) is 13.8. The normalized spacial score (nSPS) is 17.1. The van der Waals surface area contributed by atoms with E-state index < -0.39 is 0 Å². The number of carbonyl (C=O) groups is 1. The van der Waals surface area contributed by atoms with E-state index in [1.54, 1.807) is 17.4 Å². The lowest BCUT2D eigenvalue weighted by Gasteiger charge is -2.21. The number of fused-ring (bicyclic) bond motifs is 2. The number of benzene rings is 2. The van der Waals surface area contributed by atoms with Gasteiger partial charge in [0.15, 0.2) is 0 Å². The van der Waals surface area contributed by atoms with Crippen molar-refractivity contribution in [3.05, 3.63) is 77.4 Å². The molecule has 1 unspecified atom stereocenters. The Morgan fingerprint density at radius 2 is 1.82 bits per heavy atom. The molecule has 1 atom stereocenters. The van der Waals surface area contributed by atoms with Crippen LogP contribution in [0, 0.1) is 0 Å². The maximum atomic E-state index is 12.9. The fourth-order valence-electron chi connectivity index (χ4n) is 3.75. The number of thiazole rings is 1. The lowest BCUT2D eigenvalue weighted by Crippen LogP contribution is -2.28. The number of para-hydroxylation sites is 2. The fourth-order valence-corrected chi connectivity index (χ4v) is 4.86. The maximum Gasteiger partial charge on any atom is 0.247 e. The summed E-state index contributed by atoms with van der Waals surface area (Å²) in [5.41, 5.74) is 2.74. The number of hydrogen-bond donors (Lipinski definition) is 0. The first-order valence-electron chi connectivity index (χ1n) is 9.48. The van der Waals surface area contributed by atoms with Crippen molar-refractivity contribution in [3.63, 3.8) is 0 Å². The smallest absolute Gasteiger partial charge is 0.247 e. The van der Waals surface area contributed by atoms with E-state index in [1.165, 1.54) is 4.70 Å². The number of aromatic nitrogens is 2. The average Bonchev–Trinajstić information content (AvgIpc) is 3.38. The summed E-state index contributed by atoms with van der Waals surface area (Å²) >= 11 is 1.69. The molecule has 138 valence electrons. The maximum absolute atomic E-state index is 12.9. The molecule has 5 heteroatoms. The first-order valence-corrected chi connectivity index (χ1v) is 10.3. The lowest BCUT2D eigenvalue weighted by atomic mass is 10.2. The standard InChI is InChI=1S/C23H19N3OS/c27-22(14-13-17-12-11-16-6-1-2-7-18(16)24-17)26-15-5-9-20(26)23-25-19-8-3-4-10-21(19)28-23/h1-4,6-8,10-14,20H,5,9,15H2. The van der Waals surface area contributed by atoms with E-state index in [1.807, 2.05) is 65.6 Å². The summed E-state index contributed by atoms with van der Waals surface area (Å²) in [5, 5.41) is 2.13. The molecule has 0 spiro atoms. The first kappa shape index (κ1) is 17.1. The van der Waals surface area contributed by atoms with Gasteiger partial charge in [-0.2, -0.15) is 0 Å². The zero-order valence-corrected chi connectivity index (χ0v) is 16.1. The van der Waals surface area contributed by atoms with E-state index in [-0.39, 0.29) is 11.9 Å². The number of pyridine rings is 1. The molecule has 2 aromatic carbocycles.